The topological polar surface area (TPSA) is 215 Å². The number of aromatic nitrogens is 1. The summed E-state index contributed by atoms with van der Waals surface area (Å²) in [6.45, 7) is 0.549. The van der Waals surface area contributed by atoms with E-state index in [2.05, 4.69) is 4.98 Å². The third kappa shape index (κ3) is 7.78. The quantitative estimate of drug-likeness (QED) is 0.404. The Morgan fingerprint density at radius 1 is 1.34 bits per heavy atom. The van der Waals surface area contributed by atoms with E-state index in [0.717, 1.165) is 10.4 Å². The van der Waals surface area contributed by atoms with Crippen molar-refractivity contribution >= 4 is 31.7 Å². The van der Waals surface area contributed by atoms with Gasteiger partial charge in [0.1, 0.15) is 29.3 Å². The molecule has 1 aromatic heterocycles. The predicted octanol–water partition coefficient (Wildman–Crippen LogP) is -0.0431. The number of nitrogens with zero attached hydrogens (tertiary/aromatic N) is 3. The van der Waals surface area contributed by atoms with Crippen molar-refractivity contribution in [2.45, 2.75) is 23.7 Å². The third-order valence-electron chi connectivity index (χ3n) is 4.78. The van der Waals surface area contributed by atoms with Gasteiger partial charge in [-0.1, -0.05) is 11.6 Å². The lowest BCUT2D eigenvalue weighted by Gasteiger charge is -2.27. The summed E-state index contributed by atoms with van der Waals surface area (Å²) in [4.78, 5) is 3.81. The summed E-state index contributed by atoms with van der Waals surface area (Å²) < 4.78 is 72.9. The minimum Gasteiger partial charge on any atom is -0.486 e. The van der Waals surface area contributed by atoms with Crippen LogP contribution >= 0.6 is 11.6 Å². The Labute approximate surface area is 206 Å². The molecular weight excluding hydrogens is 531 g/mol. The highest BCUT2D eigenvalue weighted by Crippen LogP contribution is 2.30. The molecule has 1 saturated heterocycles. The predicted molar refractivity (Wildman–Crippen MR) is 123 cm³/mol. The molecule has 3 rings (SSSR count). The Balaban J connectivity index is 0.000000780. The number of pyridine rings is 1. The van der Waals surface area contributed by atoms with E-state index in [9.17, 15) is 26.3 Å². The number of rotatable bonds is 6. The molecule has 0 bridgehead atoms. The number of hydrogen-bond acceptors (Lipinski definition) is 9. The molecule has 1 aliphatic heterocycles. The van der Waals surface area contributed by atoms with Gasteiger partial charge in [-0.2, -0.15) is 18.0 Å². The molecule has 0 aliphatic carbocycles. The van der Waals surface area contributed by atoms with E-state index in [0.29, 0.717) is 0 Å². The van der Waals surface area contributed by atoms with Crippen molar-refractivity contribution in [1.29, 1.82) is 5.26 Å². The molecule has 0 radical (unpaired) electrons. The van der Waals surface area contributed by atoms with Crippen LogP contribution in [-0.2, 0) is 20.1 Å². The van der Waals surface area contributed by atoms with Crippen LogP contribution in [0.25, 0.3) is 0 Å². The van der Waals surface area contributed by atoms with E-state index >= 15 is 0 Å². The first-order chi connectivity index (χ1) is 15.8. The molecule has 0 saturated carbocycles. The summed E-state index contributed by atoms with van der Waals surface area (Å²) in [6, 6.07) is 7.91. The van der Waals surface area contributed by atoms with Gasteiger partial charge < -0.3 is 21.1 Å². The van der Waals surface area contributed by atoms with E-state index in [1.54, 1.807) is 6.07 Å². The second-order valence-electron chi connectivity index (χ2n) is 7.15. The zero-order valence-corrected chi connectivity index (χ0v) is 20.7. The molecule has 1 aliphatic rings. The van der Waals surface area contributed by atoms with Crippen molar-refractivity contribution in [2.24, 2.45) is 5.73 Å². The average molecular weight is 555 g/mol. The van der Waals surface area contributed by atoms with Gasteiger partial charge in [-0.15, -0.1) is 0 Å². The standard InChI is InChI=1S/C17H16ClFN4O4S.C2H6O3S.H2O/c18-12-2-4-16(22-7-12)28(25,26)23-8-15(17(24,9-21)10-23)27-13-3-1-11(6-20)14(19)5-13;1-2-6(3,4)5;/h1-5,7,15,24H,8-10,21H2;2H2,1H3,(H,3,4,5);1H2/t15-,17-;;/m0../s1. The van der Waals surface area contributed by atoms with Crippen LogP contribution in [0.5, 0.6) is 5.75 Å². The fraction of sp³-hybridized carbons (Fsp3) is 0.368. The van der Waals surface area contributed by atoms with Crippen LogP contribution in [0.15, 0.2) is 41.6 Å². The summed E-state index contributed by atoms with van der Waals surface area (Å²) in [5, 5.41) is 19.6. The number of aliphatic hydroxyl groups is 1. The number of benzene rings is 1. The minimum absolute atomic E-state index is 0. The van der Waals surface area contributed by atoms with Crippen molar-refractivity contribution in [1.82, 2.24) is 9.29 Å². The Kier molecular flexibility index (Phi) is 10.5. The number of nitrogens with two attached hydrogens (primary N) is 1. The summed E-state index contributed by atoms with van der Waals surface area (Å²) in [7, 11) is -7.69. The van der Waals surface area contributed by atoms with Gasteiger partial charge in [-0.3, -0.25) is 4.55 Å². The maximum Gasteiger partial charge on any atom is 0.264 e. The lowest BCUT2D eigenvalue weighted by molar-refractivity contribution is -0.0201. The van der Waals surface area contributed by atoms with E-state index in [1.165, 1.54) is 37.4 Å². The second kappa shape index (κ2) is 12.0. The van der Waals surface area contributed by atoms with Gasteiger partial charge in [0.15, 0.2) is 5.03 Å². The first-order valence-electron chi connectivity index (χ1n) is 9.61. The summed E-state index contributed by atoms with van der Waals surface area (Å²) in [5.74, 6) is -0.950. The van der Waals surface area contributed by atoms with Gasteiger partial charge >= 0.3 is 0 Å². The van der Waals surface area contributed by atoms with Crippen LogP contribution in [0.1, 0.15) is 12.5 Å². The largest absolute Gasteiger partial charge is 0.486 e. The first-order valence-corrected chi connectivity index (χ1v) is 13.0. The maximum atomic E-state index is 13.8. The average Bonchev–Trinajstić information content (AvgIpc) is 3.12. The Morgan fingerprint density at radius 2 is 1.97 bits per heavy atom. The lowest BCUT2D eigenvalue weighted by Crippen LogP contribution is -2.50. The molecule has 0 spiro atoms. The molecule has 1 aromatic carbocycles. The van der Waals surface area contributed by atoms with E-state index in [1.807, 2.05) is 0 Å². The fourth-order valence-corrected chi connectivity index (χ4v) is 4.35. The van der Waals surface area contributed by atoms with Crippen LogP contribution < -0.4 is 10.5 Å². The molecule has 16 heteroatoms. The molecule has 194 valence electrons. The fourth-order valence-electron chi connectivity index (χ4n) is 2.82. The zero-order valence-electron chi connectivity index (χ0n) is 18.3. The number of hydrogen-bond donors (Lipinski definition) is 3. The molecule has 0 amide bonds. The maximum absolute atomic E-state index is 13.8. The highest BCUT2D eigenvalue weighted by molar-refractivity contribution is 7.89. The van der Waals surface area contributed by atoms with E-state index < -0.39 is 37.7 Å². The third-order valence-corrected chi connectivity index (χ3v) is 7.46. The van der Waals surface area contributed by atoms with Gasteiger partial charge in [-0.05, 0) is 31.2 Å². The summed E-state index contributed by atoms with van der Waals surface area (Å²) in [6.07, 6.45) is 0.152. The summed E-state index contributed by atoms with van der Waals surface area (Å²) >= 11 is 5.74. The minimum atomic E-state index is -4.03. The molecule has 2 aromatic rings. The number of ether oxygens (including phenoxy) is 1. The smallest absolute Gasteiger partial charge is 0.264 e. The number of sulfonamides is 1. The van der Waals surface area contributed by atoms with E-state index in [-0.39, 0.29) is 52.2 Å². The molecule has 2 heterocycles. The van der Waals surface area contributed by atoms with Crippen LogP contribution in [0.2, 0.25) is 5.02 Å². The molecule has 0 unspecified atom stereocenters. The van der Waals surface area contributed by atoms with E-state index in [4.69, 9.17) is 31.9 Å². The van der Waals surface area contributed by atoms with Crippen LogP contribution in [0.4, 0.5) is 4.39 Å². The molecule has 12 nitrogen and oxygen atoms in total. The highest BCUT2D eigenvalue weighted by atomic mass is 35.5. The molecule has 35 heavy (non-hydrogen) atoms. The van der Waals surface area contributed by atoms with Crippen LogP contribution in [0, 0.1) is 17.1 Å². The molecular formula is C19H24ClFN4O8S2. The SMILES string of the molecule is CCS(=O)(=O)O.N#Cc1ccc(O[C@H]2CN(S(=O)(=O)c3ccc(Cl)cn3)C[C@@]2(O)CN)cc1F.O. The van der Waals surface area contributed by atoms with Gasteiger partial charge in [0.05, 0.1) is 22.9 Å². The van der Waals surface area contributed by atoms with Gasteiger partial charge in [0.2, 0.25) is 0 Å². The zero-order chi connectivity index (χ0) is 25.7. The van der Waals surface area contributed by atoms with Gasteiger partial charge in [0.25, 0.3) is 20.1 Å². The Morgan fingerprint density at radius 3 is 2.43 bits per heavy atom. The Hall–Kier alpha value is -2.42. The second-order valence-corrected chi connectivity index (χ2v) is 11.2. The normalized spacial score (nSPS) is 20.2. The Bertz CT molecular complexity index is 1270. The van der Waals surface area contributed by atoms with Crippen molar-refractivity contribution in [3.8, 4) is 11.8 Å². The monoisotopic (exact) mass is 554 g/mol. The number of β-amino-alcohol motifs (C(OH)–C–C–N with tert-alkyl or cyclic N) is 1. The molecule has 2 atom stereocenters. The number of halogens is 2. The van der Waals surface area contributed by atoms with Gasteiger partial charge in [0, 0.05) is 25.4 Å². The lowest BCUT2D eigenvalue weighted by atomic mass is 10.0. The molecule has 1 fully saturated rings. The van der Waals surface area contributed by atoms with Crippen molar-refractivity contribution in [2.75, 3.05) is 25.4 Å². The summed E-state index contributed by atoms with van der Waals surface area (Å²) in [5.41, 5.74) is 3.80. The molecule has 6 N–H and O–H groups in total. The first kappa shape index (κ1) is 30.6. The van der Waals surface area contributed by atoms with Crippen molar-refractivity contribution in [3.05, 3.63) is 52.9 Å². The number of nitriles is 1. The van der Waals surface area contributed by atoms with Crippen LogP contribution in [-0.4, -0.2) is 78.4 Å². The van der Waals surface area contributed by atoms with Crippen molar-refractivity contribution < 1.29 is 41.1 Å². The van der Waals surface area contributed by atoms with Crippen molar-refractivity contribution in [3.63, 3.8) is 0 Å². The van der Waals surface area contributed by atoms with Gasteiger partial charge in [-0.25, -0.2) is 17.8 Å². The highest BCUT2D eigenvalue weighted by Gasteiger charge is 2.50. The van der Waals surface area contributed by atoms with Crippen LogP contribution in [0.3, 0.4) is 0 Å².